The standard InChI is InChI=1S/C20H14Cl4N2O6/c1-8(20(30)32-7-11(27)25-9-5-3-4-6-10(9)31-2)26-18(28)12-13(19(26)29)15(22)17(24)16(23)14(12)21/h3-6,8H,7H2,1-2H3,(H,25,27)/t8-/m1/s1. The molecule has 0 bridgehead atoms. The van der Waals surface area contributed by atoms with E-state index in [-0.39, 0.29) is 31.2 Å². The van der Waals surface area contributed by atoms with E-state index < -0.39 is 36.3 Å². The highest BCUT2D eigenvalue weighted by atomic mass is 35.5. The number of carbonyl (C=O) groups is 4. The smallest absolute Gasteiger partial charge is 0.329 e. The highest BCUT2D eigenvalue weighted by molar-refractivity contribution is 6.55. The zero-order valence-corrected chi connectivity index (χ0v) is 19.5. The number of hydrogen-bond acceptors (Lipinski definition) is 6. The molecule has 3 rings (SSSR count). The van der Waals surface area contributed by atoms with Gasteiger partial charge in [-0.1, -0.05) is 58.5 Å². The van der Waals surface area contributed by atoms with Crippen LogP contribution in [0.4, 0.5) is 5.69 Å². The summed E-state index contributed by atoms with van der Waals surface area (Å²) in [5.41, 5.74) is -0.142. The molecule has 8 nitrogen and oxygen atoms in total. The molecule has 3 amide bonds. The Morgan fingerprint density at radius 2 is 1.50 bits per heavy atom. The molecule has 0 radical (unpaired) electrons. The maximum absolute atomic E-state index is 12.8. The van der Waals surface area contributed by atoms with Crippen molar-refractivity contribution in [3.05, 3.63) is 55.5 Å². The second-order valence-corrected chi connectivity index (χ2v) is 8.03. The summed E-state index contributed by atoms with van der Waals surface area (Å²) in [5, 5.41) is 1.64. The molecule has 2 aromatic carbocycles. The first-order chi connectivity index (χ1) is 15.1. The molecule has 12 heteroatoms. The highest BCUT2D eigenvalue weighted by Gasteiger charge is 2.45. The monoisotopic (exact) mass is 518 g/mol. The van der Waals surface area contributed by atoms with Crippen molar-refractivity contribution in [3.8, 4) is 5.75 Å². The van der Waals surface area contributed by atoms with Gasteiger partial charge >= 0.3 is 5.97 Å². The Morgan fingerprint density at radius 3 is 2.03 bits per heavy atom. The molecule has 32 heavy (non-hydrogen) atoms. The summed E-state index contributed by atoms with van der Waals surface area (Å²) < 4.78 is 10.1. The molecule has 0 saturated heterocycles. The van der Waals surface area contributed by atoms with Crippen LogP contribution >= 0.6 is 46.4 Å². The zero-order valence-electron chi connectivity index (χ0n) is 16.5. The number of ether oxygens (including phenoxy) is 2. The van der Waals surface area contributed by atoms with Crippen molar-refractivity contribution in [1.82, 2.24) is 4.90 Å². The molecule has 1 N–H and O–H groups in total. The van der Waals surface area contributed by atoms with Crippen molar-refractivity contribution < 1.29 is 28.7 Å². The van der Waals surface area contributed by atoms with E-state index in [1.807, 2.05) is 0 Å². The Kier molecular flexibility index (Phi) is 7.19. The maximum Gasteiger partial charge on any atom is 0.329 e. The van der Waals surface area contributed by atoms with E-state index in [1.165, 1.54) is 14.0 Å². The van der Waals surface area contributed by atoms with Gasteiger partial charge in [0.05, 0.1) is 44.0 Å². The summed E-state index contributed by atoms with van der Waals surface area (Å²) in [5.74, 6) is -3.02. The summed E-state index contributed by atoms with van der Waals surface area (Å²) in [6, 6.07) is 5.26. The van der Waals surface area contributed by atoms with Gasteiger partial charge in [-0.25, -0.2) is 4.79 Å². The van der Waals surface area contributed by atoms with Crippen LogP contribution in [0.15, 0.2) is 24.3 Å². The van der Waals surface area contributed by atoms with Crippen LogP contribution in [0.25, 0.3) is 0 Å². The lowest BCUT2D eigenvalue weighted by atomic mass is 10.1. The van der Waals surface area contributed by atoms with Crippen molar-refractivity contribution >= 4 is 75.8 Å². The van der Waals surface area contributed by atoms with E-state index in [0.717, 1.165) is 0 Å². The predicted octanol–water partition coefficient (Wildman–Crippen LogP) is 4.48. The third-order valence-electron chi connectivity index (χ3n) is 4.59. The Balaban J connectivity index is 1.72. The van der Waals surface area contributed by atoms with E-state index in [2.05, 4.69) is 5.32 Å². The minimum atomic E-state index is -1.38. The summed E-state index contributed by atoms with van der Waals surface area (Å²) in [6.07, 6.45) is 0. The number of benzene rings is 2. The van der Waals surface area contributed by atoms with E-state index in [4.69, 9.17) is 55.9 Å². The van der Waals surface area contributed by atoms with Gasteiger partial charge < -0.3 is 14.8 Å². The van der Waals surface area contributed by atoms with Gasteiger partial charge in [0.25, 0.3) is 17.7 Å². The first-order valence-electron chi connectivity index (χ1n) is 8.93. The van der Waals surface area contributed by atoms with Crippen molar-refractivity contribution in [2.45, 2.75) is 13.0 Å². The number of rotatable bonds is 6. The zero-order chi connectivity index (χ0) is 23.7. The molecule has 1 heterocycles. The first kappa shape index (κ1) is 24.1. The normalized spacial score (nSPS) is 13.6. The first-order valence-corrected chi connectivity index (χ1v) is 10.4. The summed E-state index contributed by atoms with van der Waals surface area (Å²) in [4.78, 5) is 50.8. The topological polar surface area (TPSA) is 102 Å². The van der Waals surface area contributed by atoms with Crippen LogP contribution in [0.1, 0.15) is 27.6 Å². The van der Waals surface area contributed by atoms with Gasteiger partial charge in [-0.05, 0) is 19.1 Å². The number of hydrogen-bond donors (Lipinski definition) is 1. The van der Waals surface area contributed by atoms with E-state index in [9.17, 15) is 19.2 Å². The van der Waals surface area contributed by atoms with Gasteiger partial charge in [-0.15, -0.1) is 0 Å². The largest absolute Gasteiger partial charge is 0.495 e. The second kappa shape index (κ2) is 9.54. The van der Waals surface area contributed by atoms with Crippen LogP contribution in [0.3, 0.4) is 0 Å². The summed E-state index contributed by atoms with van der Waals surface area (Å²) in [6.45, 7) is 0.594. The summed E-state index contributed by atoms with van der Waals surface area (Å²) >= 11 is 24.1. The quantitative estimate of drug-likeness (QED) is 0.261. The minimum absolute atomic E-state index is 0.191. The number of methoxy groups -OCH3 is 1. The van der Waals surface area contributed by atoms with Gasteiger partial charge in [-0.3, -0.25) is 19.3 Å². The fraction of sp³-hybridized carbons (Fsp3) is 0.200. The van der Waals surface area contributed by atoms with E-state index in [1.54, 1.807) is 24.3 Å². The molecule has 0 fully saturated rings. The molecule has 1 aliphatic heterocycles. The number of amides is 3. The lowest BCUT2D eigenvalue weighted by Crippen LogP contribution is -2.44. The number of fused-ring (bicyclic) bond motifs is 1. The number of carbonyl (C=O) groups excluding carboxylic acids is 4. The van der Waals surface area contributed by atoms with E-state index >= 15 is 0 Å². The second-order valence-electron chi connectivity index (χ2n) is 6.52. The fourth-order valence-electron chi connectivity index (χ4n) is 3.02. The Labute approximate surface area is 202 Å². The lowest BCUT2D eigenvalue weighted by Gasteiger charge is -2.20. The fourth-order valence-corrected chi connectivity index (χ4v) is 4.03. The van der Waals surface area contributed by atoms with Gasteiger partial charge in [0.15, 0.2) is 6.61 Å². The van der Waals surface area contributed by atoms with Gasteiger partial charge in [0.1, 0.15) is 11.8 Å². The predicted molar refractivity (Wildman–Crippen MR) is 119 cm³/mol. The molecule has 0 spiro atoms. The third kappa shape index (κ3) is 4.23. The minimum Gasteiger partial charge on any atom is -0.495 e. The van der Waals surface area contributed by atoms with Gasteiger partial charge in [-0.2, -0.15) is 0 Å². The van der Waals surface area contributed by atoms with Crippen molar-refractivity contribution in [1.29, 1.82) is 0 Å². The summed E-state index contributed by atoms with van der Waals surface area (Å²) in [7, 11) is 1.44. The SMILES string of the molecule is COc1ccccc1NC(=O)COC(=O)[C@@H](C)N1C(=O)c2c(Cl)c(Cl)c(Cl)c(Cl)c2C1=O. The number of esters is 1. The molecule has 0 saturated carbocycles. The van der Waals surface area contributed by atoms with Gasteiger partial charge in [0.2, 0.25) is 0 Å². The Morgan fingerprint density at radius 1 is 0.969 bits per heavy atom. The lowest BCUT2D eigenvalue weighted by molar-refractivity contribution is -0.150. The molecular weight excluding hydrogens is 506 g/mol. The number of imide groups is 1. The number of halogens is 4. The van der Waals surface area contributed by atoms with E-state index in [0.29, 0.717) is 16.3 Å². The number of nitrogens with zero attached hydrogens (tertiary/aromatic N) is 1. The van der Waals surface area contributed by atoms with Crippen molar-refractivity contribution in [2.24, 2.45) is 0 Å². The molecule has 0 aromatic heterocycles. The number of nitrogens with one attached hydrogen (secondary N) is 1. The Bertz CT molecular complexity index is 1110. The molecular formula is C20H14Cl4N2O6. The molecule has 1 atom stereocenters. The molecule has 168 valence electrons. The van der Waals surface area contributed by atoms with Crippen LogP contribution in [0, 0.1) is 0 Å². The van der Waals surface area contributed by atoms with Crippen molar-refractivity contribution in [3.63, 3.8) is 0 Å². The molecule has 0 aliphatic carbocycles. The molecule has 2 aromatic rings. The van der Waals surface area contributed by atoms with Crippen LogP contribution in [-0.2, 0) is 14.3 Å². The number of para-hydroxylation sites is 2. The Hall–Kier alpha value is -2.52. The third-order valence-corrected chi connectivity index (χ3v) is 6.39. The molecule has 1 aliphatic rings. The van der Waals surface area contributed by atoms with Gasteiger partial charge in [0, 0.05) is 0 Å². The van der Waals surface area contributed by atoms with Crippen LogP contribution in [0.5, 0.6) is 5.75 Å². The average Bonchev–Trinajstić information content (AvgIpc) is 3.04. The van der Waals surface area contributed by atoms with Crippen LogP contribution in [-0.4, -0.2) is 48.3 Å². The average molecular weight is 520 g/mol. The van der Waals surface area contributed by atoms with Crippen LogP contribution in [0.2, 0.25) is 20.1 Å². The number of anilines is 1. The van der Waals surface area contributed by atoms with Crippen LogP contribution < -0.4 is 10.1 Å². The highest BCUT2D eigenvalue weighted by Crippen LogP contribution is 2.45. The maximum atomic E-state index is 12.8. The van der Waals surface area contributed by atoms with Crippen molar-refractivity contribution in [2.75, 3.05) is 19.0 Å². The molecule has 0 unspecified atom stereocenters.